The van der Waals surface area contributed by atoms with Gasteiger partial charge in [-0.15, -0.1) is 0 Å². The van der Waals surface area contributed by atoms with Crippen molar-refractivity contribution in [2.24, 2.45) is 0 Å². The third-order valence-electron chi connectivity index (χ3n) is 3.14. The van der Waals surface area contributed by atoms with Crippen LogP contribution < -0.4 is 11.2 Å². The zero-order chi connectivity index (χ0) is 15.1. The van der Waals surface area contributed by atoms with Crippen LogP contribution in [0.2, 0.25) is 5.02 Å². The van der Waals surface area contributed by atoms with Crippen LogP contribution in [0.3, 0.4) is 0 Å². The summed E-state index contributed by atoms with van der Waals surface area (Å²) >= 11 is 9.33. The Morgan fingerprint density at radius 3 is 2.76 bits per heavy atom. The van der Waals surface area contributed by atoms with Crippen LogP contribution in [0, 0.1) is 0 Å². The summed E-state index contributed by atoms with van der Waals surface area (Å²) in [6.45, 7) is 2.23. The van der Waals surface area contributed by atoms with Crippen LogP contribution in [-0.4, -0.2) is 19.5 Å². The lowest BCUT2D eigenvalue weighted by atomic mass is 10.2. The summed E-state index contributed by atoms with van der Waals surface area (Å²) in [5, 5.41) is 0.588. The molecule has 108 valence electrons. The van der Waals surface area contributed by atoms with Crippen molar-refractivity contribution in [2.45, 2.75) is 13.5 Å². The van der Waals surface area contributed by atoms with E-state index in [2.05, 4.69) is 30.9 Å². The Morgan fingerprint density at radius 2 is 2.10 bits per heavy atom. The van der Waals surface area contributed by atoms with E-state index in [1.807, 2.05) is 6.92 Å². The number of nitrogens with one attached hydrogen (secondary N) is 2. The Bertz CT molecular complexity index is 957. The largest absolute Gasteiger partial charge is 0.332 e. The van der Waals surface area contributed by atoms with Gasteiger partial charge in [0.05, 0.1) is 0 Å². The molecular formula is C13H10BrClN4O2. The summed E-state index contributed by atoms with van der Waals surface area (Å²) in [4.78, 5) is 33.3. The SMILES string of the molecule is CCn1c(=O)[nH]c(=O)c2[nH]c(-c3ccc(Cl)cc3Br)nc21. The highest BCUT2D eigenvalue weighted by Gasteiger charge is 2.14. The lowest BCUT2D eigenvalue weighted by molar-refractivity contribution is 0.720. The van der Waals surface area contributed by atoms with Gasteiger partial charge in [0.25, 0.3) is 5.56 Å². The number of aromatic amines is 2. The molecule has 0 atom stereocenters. The number of aromatic nitrogens is 4. The summed E-state index contributed by atoms with van der Waals surface area (Å²) in [7, 11) is 0. The van der Waals surface area contributed by atoms with Gasteiger partial charge in [0.2, 0.25) is 0 Å². The number of nitrogens with zero attached hydrogens (tertiary/aromatic N) is 2. The predicted molar refractivity (Wildman–Crippen MR) is 84.8 cm³/mol. The number of H-pyrrole nitrogens is 2. The maximum atomic E-state index is 11.9. The molecule has 0 aliphatic rings. The van der Waals surface area contributed by atoms with Crippen molar-refractivity contribution in [3.63, 3.8) is 0 Å². The highest BCUT2D eigenvalue weighted by molar-refractivity contribution is 9.10. The molecule has 2 aromatic heterocycles. The molecule has 0 saturated carbocycles. The topological polar surface area (TPSA) is 83.5 Å². The van der Waals surface area contributed by atoms with Gasteiger partial charge in [0.15, 0.2) is 5.65 Å². The van der Waals surface area contributed by atoms with Crippen LogP contribution in [0.1, 0.15) is 6.92 Å². The van der Waals surface area contributed by atoms with Crippen molar-refractivity contribution in [1.82, 2.24) is 19.5 Å². The monoisotopic (exact) mass is 368 g/mol. The molecule has 0 radical (unpaired) electrons. The van der Waals surface area contributed by atoms with Gasteiger partial charge < -0.3 is 4.98 Å². The molecule has 21 heavy (non-hydrogen) atoms. The van der Waals surface area contributed by atoms with E-state index in [-0.39, 0.29) is 5.52 Å². The second kappa shape index (κ2) is 5.16. The molecular weight excluding hydrogens is 360 g/mol. The van der Waals surface area contributed by atoms with E-state index in [0.717, 1.165) is 10.0 Å². The van der Waals surface area contributed by atoms with Crippen molar-refractivity contribution in [2.75, 3.05) is 0 Å². The van der Waals surface area contributed by atoms with Gasteiger partial charge in [-0.3, -0.25) is 14.3 Å². The molecule has 8 heteroatoms. The first-order valence-electron chi connectivity index (χ1n) is 6.19. The summed E-state index contributed by atoms with van der Waals surface area (Å²) in [6, 6.07) is 5.25. The minimum atomic E-state index is -0.483. The Morgan fingerprint density at radius 1 is 1.33 bits per heavy atom. The van der Waals surface area contributed by atoms with Crippen LogP contribution in [0.5, 0.6) is 0 Å². The molecule has 0 fully saturated rings. The number of rotatable bonds is 2. The fraction of sp³-hybridized carbons (Fsp3) is 0.154. The number of aryl methyl sites for hydroxylation is 1. The summed E-state index contributed by atoms with van der Waals surface area (Å²) < 4.78 is 2.15. The van der Waals surface area contributed by atoms with Gasteiger partial charge in [-0.1, -0.05) is 11.6 Å². The van der Waals surface area contributed by atoms with Crippen molar-refractivity contribution >= 4 is 38.7 Å². The average Bonchev–Trinajstić information content (AvgIpc) is 2.84. The molecule has 0 amide bonds. The van der Waals surface area contributed by atoms with E-state index in [9.17, 15) is 9.59 Å². The van der Waals surface area contributed by atoms with Gasteiger partial charge in [0, 0.05) is 21.6 Å². The molecule has 2 N–H and O–H groups in total. The fourth-order valence-electron chi connectivity index (χ4n) is 2.14. The van der Waals surface area contributed by atoms with Crippen LogP contribution in [0.15, 0.2) is 32.3 Å². The van der Waals surface area contributed by atoms with Gasteiger partial charge >= 0.3 is 5.69 Å². The smallest absolute Gasteiger partial charge is 0.330 e. The number of benzene rings is 1. The zero-order valence-corrected chi connectivity index (χ0v) is 13.2. The summed E-state index contributed by atoms with van der Waals surface area (Å²) in [5.41, 5.74) is 0.410. The second-order valence-corrected chi connectivity index (χ2v) is 5.70. The summed E-state index contributed by atoms with van der Waals surface area (Å²) in [5.74, 6) is 0.492. The van der Waals surface area contributed by atoms with Crippen molar-refractivity contribution in [1.29, 1.82) is 0 Å². The predicted octanol–water partition coefficient (Wildman–Crippen LogP) is 2.52. The average molecular weight is 370 g/mol. The third kappa shape index (κ3) is 2.32. The number of hydrogen-bond acceptors (Lipinski definition) is 3. The molecule has 3 aromatic rings. The quantitative estimate of drug-likeness (QED) is 0.728. The molecule has 3 rings (SSSR count). The normalized spacial score (nSPS) is 11.2. The first kappa shape index (κ1) is 14.1. The standard InChI is InChI=1S/C13H10BrClN4O2/c1-2-19-11-9(12(20)18-13(19)21)16-10(17-11)7-4-3-6(15)5-8(7)14/h3-5H,2H2,1H3,(H,16,17)(H,18,20,21). The minimum absolute atomic E-state index is 0.272. The Balaban J connectivity index is 2.33. The number of imidazole rings is 1. The molecule has 0 aliphatic heterocycles. The molecule has 6 nitrogen and oxygen atoms in total. The van der Waals surface area contributed by atoms with Gasteiger partial charge in [-0.25, -0.2) is 9.78 Å². The lowest BCUT2D eigenvalue weighted by Crippen LogP contribution is -2.29. The molecule has 0 spiro atoms. The Kier molecular flexibility index (Phi) is 3.46. The molecule has 0 saturated heterocycles. The van der Waals surface area contributed by atoms with Gasteiger partial charge in [0.1, 0.15) is 11.3 Å². The molecule has 0 aliphatic carbocycles. The molecule has 0 bridgehead atoms. The van der Waals surface area contributed by atoms with Crippen LogP contribution in [-0.2, 0) is 6.54 Å². The Labute approximate surface area is 131 Å². The number of hydrogen-bond donors (Lipinski definition) is 2. The van der Waals surface area contributed by atoms with E-state index < -0.39 is 11.2 Å². The number of halogens is 2. The lowest BCUT2D eigenvalue weighted by Gasteiger charge is -2.01. The first-order valence-corrected chi connectivity index (χ1v) is 7.36. The second-order valence-electron chi connectivity index (χ2n) is 4.41. The first-order chi connectivity index (χ1) is 10.0. The van der Waals surface area contributed by atoms with Crippen molar-refractivity contribution in [3.8, 4) is 11.4 Å². The highest BCUT2D eigenvalue weighted by Crippen LogP contribution is 2.29. The molecule has 2 heterocycles. The van der Waals surface area contributed by atoms with E-state index in [4.69, 9.17) is 11.6 Å². The number of fused-ring (bicyclic) bond motifs is 1. The third-order valence-corrected chi connectivity index (χ3v) is 4.03. The van der Waals surface area contributed by atoms with Crippen LogP contribution in [0.25, 0.3) is 22.6 Å². The maximum absolute atomic E-state index is 11.9. The fourth-order valence-corrected chi connectivity index (χ4v) is 3.01. The van der Waals surface area contributed by atoms with E-state index >= 15 is 0 Å². The van der Waals surface area contributed by atoms with E-state index in [1.54, 1.807) is 18.2 Å². The maximum Gasteiger partial charge on any atom is 0.330 e. The van der Waals surface area contributed by atoms with Crippen molar-refractivity contribution < 1.29 is 0 Å². The molecule has 0 unspecified atom stereocenters. The zero-order valence-electron chi connectivity index (χ0n) is 10.9. The van der Waals surface area contributed by atoms with Gasteiger partial charge in [-0.2, -0.15) is 0 Å². The summed E-state index contributed by atoms with van der Waals surface area (Å²) in [6.07, 6.45) is 0. The minimum Gasteiger partial charge on any atom is -0.332 e. The highest BCUT2D eigenvalue weighted by atomic mass is 79.9. The van der Waals surface area contributed by atoms with Crippen molar-refractivity contribution in [3.05, 3.63) is 48.5 Å². The van der Waals surface area contributed by atoms with E-state index in [0.29, 0.717) is 23.0 Å². The van der Waals surface area contributed by atoms with Crippen LogP contribution in [0.4, 0.5) is 0 Å². The van der Waals surface area contributed by atoms with E-state index in [1.165, 1.54) is 4.57 Å². The molecule has 1 aromatic carbocycles. The van der Waals surface area contributed by atoms with Crippen LogP contribution >= 0.6 is 27.5 Å². The Hall–Kier alpha value is -1.86. The van der Waals surface area contributed by atoms with Gasteiger partial charge in [-0.05, 0) is 41.1 Å².